The molecule has 3 heterocycles. The number of sulfonamides is 1. The van der Waals surface area contributed by atoms with Crippen molar-refractivity contribution < 1.29 is 46.7 Å². The van der Waals surface area contributed by atoms with Gasteiger partial charge in [-0.2, -0.15) is 4.31 Å². The van der Waals surface area contributed by atoms with Gasteiger partial charge in [0.2, 0.25) is 10.0 Å². The summed E-state index contributed by atoms with van der Waals surface area (Å²) in [6, 6.07) is 13.2. The van der Waals surface area contributed by atoms with Crippen LogP contribution in [0.2, 0.25) is 0 Å². The fourth-order valence-corrected chi connectivity index (χ4v) is 9.03. The van der Waals surface area contributed by atoms with E-state index in [1.807, 2.05) is 44.2 Å². The molecule has 4 fully saturated rings. The molecule has 1 amide bonds. The number of benzene rings is 2. The Balaban J connectivity index is 1.21. The molecule has 0 spiro atoms. The van der Waals surface area contributed by atoms with E-state index in [1.165, 1.54) is 16.4 Å². The molecule has 0 aromatic heterocycles. The minimum Gasteiger partial charge on any atom is -0.461 e. The average Bonchev–Trinajstić information content (AvgIpc) is 3.72. The Labute approximate surface area is 302 Å². The van der Waals surface area contributed by atoms with Crippen LogP contribution in [0.4, 0.5) is 4.79 Å². The first-order chi connectivity index (χ1) is 24.6. The van der Waals surface area contributed by atoms with Crippen LogP contribution < -0.4 is 14.8 Å². The largest absolute Gasteiger partial charge is 0.461 e. The number of amides is 1. The lowest BCUT2D eigenvalue weighted by Gasteiger charge is -2.31. The molecule has 1 saturated carbocycles. The van der Waals surface area contributed by atoms with Crippen LogP contribution in [0.3, 0.4) is 0 Å². The predicted octanol–water partition coefficient (Wildman–Crippen LogP) is 5.41. The number of hydrogen-bond donors (Lipinski definition) is 2. The van der Waals surface area contributed by atoms with E-state index in [2.05, 4.69) is 5.32 Å². The van der Waals surface area contributed by atoms with Gasteiger partial charge < -0.3 is 38.8 Å². The van der Waals surface area contributed by atoms with Gasteiger partial charge >= 0.3 is 6.09 Å². The summed E-state index contributed by atoms with van der Waals surface area (Å²) in [6.07, 6.45) is 4.84. The molecule has 7 atom stereocenters. The van der Waals surface area contributed by atoms with E-state index in [0.29, 0.717) is 37.7 Å². The van der Waals surface area contributed by atoms with E-state index >= 15 is 0 Å². The Morgan fingerprint density at radius 1 is 0.882 bits per heavy atom. The molecular formula is C38H54N2O10S. The minimum absolute atomic E-state index is 0.000879. The van der Waals surface area contributed by atoms with E-state index in [4.69, 9.17) is 28.4 Å². The van der Waals surface area contributed by atoms with Gasteiger partial charge in [-0.05, 0) is 74.5 Å². The van der Waals surface area contributed by atoms with Crippen LogP contribution >= 0.6 is 0 Å². The van der Waals surface area contributed by atoms with Gasteiger partial charge in [0.15, 0.2) is 24.1 Å². The van der Waals surface area contributed by atoms with Crippen molar-refractivity contribution in [2.75, 3.05) is 32.9 Å². The quantitative estimate of drug-likeness (QED) is 0.244. The normalized spacial score (nSPS) is 26.4. The number of carbonyl (C=O) groups is 1. The zero-order chi connectivity index (χ0) is 35.8. The molecule has 2 aromatic rings. The van der Waals surface area contributed by atoms with Gasteiger partial charge in [0, 0.05) is 45.0 Å². The maximum atomic E-state index is 14.4. The highest BCUT2D eigenvalue weighted by Crippen LogP contribution is 2.38. The number of alkyl carbamates (subject to hydrolysis) is 1. The van der Waals surface area contributed by atoms with E-state index in [9.17, 15) is 18.3 Å². The molecule has 13 heteroatoms. The molecule has 6 rings (SSSR count). The molecule has 0 radical (unpaired) electrons. The number of hydrogen-bond acceptors (Lipinski definition) is 10. The lowest BCUT2D eigenvalue weighted by Crippen LogP contribution is -2.51. The topological polar surface area (TPSA) is 142 Å². The summed E-state index contributed by atoms with van der Waals surface area (Å²) >= 11 is 0. The number of nitrogens with one attached hydrogen (secondary N) is 1. The number of aliphatic hydroxyl groups excluding tert-OH is 1. The van der Waals surface area contributed by atoms with Crippen LogP contribution in [0, 0.1) is 11.8 Å². The summed E-state index contributed by atoms with van der Waals surface area (Å²) in [4.78, 5) is 13.2. The van der Waals surface area contributed by atoms with Crippen LogP contribution in [0.25, 0.3) is 0 Å². The summed E-state index contributed by atoms with van der Waals surface area (Å²) in [7, 11) is -4.16. The molecule has 0 bridgehead atoms. The third-order valence-corrected chi connectivity index (χ3v) is 11.9. The molecular weight excluding hydrogens is 676 g/mol. The van der Waals surface area contributed by atoms with Crippen molar-refractivity contribution in [1.29, 1.82) is 0 Å². The van der Waals surface area contributed by atoms with Crippen LogP contribution in [-0.4, -0.2) is 93.8 Å². The number of carbonyl (C=O) groups excluding carboxylic acids is 1. The van der Waals surface area contributed by atoms with Gasteiger partial charge in [0.1, 0.15) is 6.10 Å². The van der Waals surface area contributed by atoms with Crippen molar-refractivity contribution in [3.63, 3.8) is 0 Å². The zero-order valence-corrected chi connectivity index (χ0v) is 30.6. The molecule has 3 saturated heterocycles. The van der Waals surface area contributed by atoms with Crippen LogP contribution in [0.1, 0.15) is 77.2 Å². The molecule has 12 nitrogen and oxygen atoms in total. The molecule has 1 aliphatic carbocycles. The van der Waals surface area contributed by atoms with Crippen molar-refractivity contribution in [3.05, 3.63) is 54.1 Å². The molecule has 3 aliphatic heterocycles. The van der Waals surface area contributed by atoms with Crippen molar-refractivity contribution in [2.24, 2.45) is 11.8 Å². The van der Waals surface area contributed by atoms with Crippen molar-refractivity contribution in [3.8, 4) is 11.5 Å². The van der Waals surface area contributed by atoms with E-state index in [-0.39, 0.29) is 48.3 Å². The number of rotatable bonds is 15. The molecule has 2 aromatic carbocycles. The summed E-state index contributed by atoms with van der Waals surface area (Å²) in [6.45, 7) is 5.63. The lowest BCUT2D eigenvalue weighted by atomic mass is 10.0. The summed E-state index contributed by atoms with van der Waals surface area (Å²) in [5.41, 5.74) is 0.883. The highest BCUT2D eigenvalue weighted by Gasteiger charge is 2.41. The summed E-state index contributed by atoms with van der Waals surface area (Å²) in [5, 5.41) is 14.6. The molecule has 4 unspecified atom stereocenters. The van der Waals surface area contributed by atoms with Crippen LogP contribution in [0.5, 0.6) is 11.5 Å². The molecule has 4 aliphatic rings. The zero-order valence-electron chi connectivity index (χ0n) is 29.8. The standard InChI is InChI=1S/C38H54N2O10S/c1-26(2)24-40(25-32(41)31(20-27-10-4-3-5-11-27)39-38(42)48-29-21-28-16-19-45-34(28)22-29)51(43,44)30-14-15-33(49-36-12-6-8-17-46-36)35(23-30)50-37-13-7-9-18-47-37/h3-5,10-11,14-15,23,26,28-29,31-32,34,36-37,41H,6-9,12-13,16-22,24-25H2,1-2H3,(H,39,42)/t28?,29?,31-,32+,34+,36?,37?/m0/s1. The first-order valence-electron chi connectivity index (χ1n) is 18.7. The first-order valence-corrected chi connectivity index (χ1v) is 20.1. The molecule has 51 heavy (non-hydrogen) atoms. The lowest BCUT2D eigenvalue weighted by molar-refractivity contribution is -0.119. The number of nitrogens with zero attached hydrogens (tertiary/aromatic N) is 1. The Kier molecular flexibility index (Phi) is 13.1. The van der Waals surface area contributed by atoms with Gasteiger partial charge in [-0.1, -0.05) is 44.2 Å². The second kappa shape index (κ2) is 17.7. The fourth-order valence-electron chi connectivity index (χ4n) is 7.39. The van der Waals surface area contributed by atoms with E-state index in [1.54, 1.807) is 6.07 Å². The van der Waals surface area contributed by atoms with E-state index < -0.39 is 40.8 Å². The van der Waals surface area contributed by atoms with Gasteiger partial charge in [-0.15, -0.1) is 0 Å². The average molecular weight is 731 g/mol. The smallest absolute Gasteiger partial charge is 0.407 e. The van der Waals surface area contributed by atoms with Crippen molar-refractivity contribution >= 4 is 16.1 Å². The summed E-state index contributed by atoms with van der Waals surface area (Å²) < 4.78 is 65.7. The second-order valence-corrected chi connectivity index (χ2v) is 16.6. The Hall–Kier alpha value is -2.94. The molecule has 282 valence electrons. The van der Waals surface area contributed by atoms with Gasteiger partial charge in [0.05, 0.1) is 36.4 Å². The fraction of sp³-hybridized carbons (Fsp3) is 0.658. The third kappa shape index (κ3) is 10.4. The second-order valence-electron chi connectivity index (χ2n) is 14.6. The van der Waals surface area contributed by atoms with Crippen LogP contribution in [-0.2, 0) is 35.4 Å². The van der Waals surface area contributed by atoms with Gasteiger partial charge in [-0.3, -0.25) is 0 Å². The highest BCUT2D eigenvalue weighted by atomic mass is 32.2. The Morgan fingerprint density at radius 2 is 1.59 bits per heavy atom. The Morgan fingerprint density at radius 3 is 2.24 bits per heavy atom. The highest BCUT2D eigenvalue weighted by molar-refractivity contribution is 7.89. The Bertz CT molecular complexity index is 1500. The number of fused-ring (bicyclic) bond motifs is 1. The van der Waals surface area contributed by atoms with Crippen molar-refractivity contribution in [2.45, 2.75) is 120 Å². The number of aliphatic hydroxyl groups is 1. The van der Waals surface area contributed by atoms with Crippen LogP contribution in [0.15, 0.2) is 53.4 Å². The maximum Gasteiger partial charge on any atom is 0.407 e. The third-order valence-electron chi connectivity index (χ3n) is 10.1. The SMILES string of the molecule is CC(C)CN(C[C@@H](O)[C@H](Cc1ccccc1)NC(=O)OC1CC2CCO[C@@H]2C1)S(=O)(=O)c1ccc(OC2CCCCO2)c(OC2CCCCO2)c1. The predicted molar refractivity (Wildman–Crippen MR) is 189 cm³/mol. The monoisotopic (exact) mass is 730 g/mol. The van der Waals surface area contributed by atoms with Gasteiger partial charge in [0.25, 0.3) is 0 Å². The van der Waals surface area contributed by atoms with Gasteiger partial charge in [-0.25, -0.2) is 13.2 Å². The number of ether oxygens (including phenoxy) is 6. The summed E-state index contributed by atoms with van der Waals surface area (Å²) in [5.74, 6) is 0.980. The van der Waals surface area contributed by atoms with Crippen molar-refractivity contribution in [1.82, 2.24) is 9.62 Å². The maximum absolute atomic E-state index is 14.4. The first kappa shape index (κ1) is 37.8. The van der Waals surface area contributed by atoms with E-state index in [0.717, 1.165) is 57.1 Å². The minimum atomic E-state index is -4.16. The molecule has 2 N–H and O–H groups in total.